The number of aliphatic hydroxyl groups excluding tert-OH is 1. The first-order chi connectivity index (χ1) is 21.9. The van der Waals surface area contributed by atoms with Crippen molar-refractivity contribution in [2.45, 2.75) is 64.8 Å². The summed E-state index contributed by atoms with van der Waals surface area (Å²) < 4.78 is 18.2. The van der Waals surface area contributed by atoms with E-state index < -0.39 is 18.3 Å². The molecule has 3 aromatic carbocycles. The van der Waals surface area contributed by atoms with Gasteiger partial charge in [-0.3, -0.25) is 4.79 Å². The molecule has 0 saturated carbocycles. The number of nitrogens with zero attached hydrogens (tertiary/aromatic N) is 1. The van der Waals surface area contributed by atoms with Gasteiger partial charge in [-0.2, -0.15) is 0 Å². The number of ether oxygens (including phenoxy) is 3. The summed E-state index contributed by atoms with van der Waals surface area (Å²) in [5, 5.41) is 14.8. The molecule has 45 heavy (non-hydrogen) atoms. The lowest BCUT2D eigenvalue weighted by atomic mass is 9.89. The number of carbonyl (C=O) groups excluding carboxylic acids is 2. The lowest BCUT2D eigenvalue weighted by molar-refractivity contribution is -0.276. The third-order valence-corrected chi connectivity index (χ3v) is 8.61. The molecule has 0 spiro atoms. The summed E-state index contributed by atoms with van der Waals surface area (Å²) in [6.07, 6.45) is 3.13. The van der Waals surface area contributed by atoms with Crippen LogP contribution in [0, 0.1) is 5.92 Å². The molecule has 0 bridgehead atoms. The molecule has 0 radical (unpaired) electrons. The largest absolute Gasteiger partial charge is 0.465 e. The highest BCUT2D eigenvalue weighted by molar-refractivity contribution is 5.80. The Kier molecular flexibility index (Phi) is 11.6. The minimum atomic E-state index is -0.504. The standard InChI is InChI=1S/C36H45N3O6/c1-3-43-33(41)22-38-36(42)37-21-27-8-7-9-31(20-27)28-14-16-30(17-15-28)35-44-32(23-39-18-5-4-6-19-39)25(2)34(45-35)29-12-10-26(24-40)11-13-29/h7-17,20,25,32,34-35,40H,3-6,18-19,21-24H2,1-2H3,(H2,37,38,42). The topological polar surface area (TPSA) is 109 Å². The number of carbonyl (C=O) groups is 2. The summed E-state index contributed by atoms with van der Waals surface area (Å²) in [4.78, 5) is 26.1. The Hall–Kier alpha value is -3.76. The zero-order valence-electron chi connectivity index (χ0n) is 26.2. The van der Waals surface area contributed by atoms with Gasteiger partial charge in [0, 0.05) is 24.6 Å². The number of amides is 2. The third kappa shape index (κ3) is 8.92. The second-order valence-electron chi connectivity index (χ2n) is 11.8. The van der Waals surface area contributed by atoms with Crippen LogP contribution in [0.25, 0.3) is 11.1 Å². The summed E-state index contributed by atoms with van der Waals surface area (Å²) in [7, 11) is 0. The highest BCUT2D eigenvalue weighted by atomic mass is 16.7. The maximum Gasteiger partial charge on any atom is 0.325 e. The fraction of sp³-hybridized carbons (Fsp3) is 0.444. The van der Waals surface area contributed by atoms with Gasteiger partial charge in [0.05, 0.1) is 25.4 Å². The number of aliphatic hydroxyl groups is 1. The van der Waals surface area contributed by atoms with Crippen LogP contribution in [-0.4, -0.2) is 60.9 Å². The number of piperidine rings is 1. The van der Waals surface area contributed by atoms with Crippen LogP contribution in [-0.2, 0) is 32.2 Å². The zero-order valence-corrected chi connectivity index (χ0v) is 26.2. The van der Waals surface area contributed by atoms with Gasteiger partial charge in [-0.1, -0.05) is 80.1 Å². The smallest absolute Gasteiger partial charge is 0.325 e. The van der Waals surface area contributed by atoms with Crippen LogP contribution in [0.2, 0.25) is 0 Å². The van der Waals surface area contributed by atoms with Crippen LogP contribution < -0.4 is 10.6 Å². The van der Waals surface area contributed by atoms with Crippen molar-refractivity contribution in [3.8, 4) is 11.1 Å². The van der Waals surface area contributed by atoms with Crippen molar-refractivity contribution in [1.82, 2.24) is 15.5 Å². The van der Waals surface area contributed by atoms with Crippen molar-refractivity contribution in [1.29, 1.82) is 0 Å². The van der Waals surface area contributed by atoms with Crippen LogP contribution in [0.4, 0.5) is 4.79 Å². The number of urea groups is 1. The van der Waals surface area contributed by atoms with Crippen molar-refractivity contribution in [2.75, 3.05) is 32.8 Å². The number of hydrogen-bond acceptors (Lipinski definition) is 7. The van der Waals surface area contributed by atoms with E-state index in [2.05, 4.69) is 58.9 Å². The second kappa shape index (κ2) is 16.0. The van der Waals surface area contributed by atoms with Gasteiger partial charge in [0.1, 0.15) is 6.54 Å². The number of likely N-dealkylation sites (tertiary alicyclic amines) is 1. The van der Waals surface area contributed by atoms with Crippen LogP contribution in [0.3, 0.4) is 0 Å². The van der Waals surface area contributed by atoms with Gasteiger partial charge < -0.3 is 34.9 Å². The number of nitrogens with one attached hydrogen (secondary N) is 2. The summed E-state index contributed by atoms with van der Waals surface area (Å²) >= 11 is 0. The van der Waals surface area contributed by atoms with Crippen molar-refractivity contribution >= 4 is 12.0 Å². The average Bonchev–Trinajstić information content (AvgIpc) is 3.08. The summed E-state index contributed by atoms with van der Waals surface area (Å²) in [5.41, 5.74) is 5.93. The second-order valence-corrected chi connectivity index (χ2v) is 11.8. The quantitative estimate of drug-likeness (QED) is 0.245. The predicted octanol–water partition coefficient (Wildman–Crippen LogP) is 5.49. The van der Waals surface area contributed by atoms with Gasteiger partial charge in [0.15, 0.2) is 6.29 Å². The van der Waals surface area contributed by atoms with Crippen LogP contribution in [0.1, 0.15) is 67.8 Å². The Morgan fingerprint density at radius 2 is 1.62 bits per heavy atom. The van der Waals surface area contributed by atoms with Gasteiger partial charge >= 0.3 is 12.0 Å². The molecular weight excluding hydrogens is 570 g/mol. The molecule has 2 aliphatic heterocycles. The molecule has 2 heterocycles. The van der Waals surface area contributed by atoms with E-state index in [0.29, 0.717) is 6.54 Å². The van der Waals surface area contributed by atoms with E-state index in [1.807, 2.05) is 36.4 Å². The van der Waals surface area contributed by atoms with E-state index in [0.717, 1.165) is 53.0 Å². The highest BCUT2D eigenvalue weighted by Crippen LogP contribution is 2.42. The van der Waals surface area contributed by atoms with Crippen molar-refractivity contribution < 1.29 is 28.9 Å². The summed E-state index contributed by atoms with van der Waals surface area (Å²) in [6, 6.07) is 23.9. The fourth-order valence-corrected chi connectivity index (χ4v) is 6.03. The van der Waals surface area contributed by atoms with Crippen molar-refractivity contribution in [3.05, 3.63) is 95.1 Å². The Labute approximate surface area is 265 Å². The highest BCUT2D eigenvalue weighted by Gasteiger charge is 2.39. The molecule has 0 aliphatic carbocycles. The first-order valence-electron chi connectivity index (χ1n) is 16.0. The molecule has 4 atom stereocenters. The molecule has 3 N–H and O–H groups in total. The van der Waals surface area contributed by atoms with Gasteiger partial charge in [-0.25, -0.2) is 4.79 Å². The van der Waals surface area contributed by atoms with E-state index in [1.165, 1.54) is 19.3 Å². The SMILES string of the molecule is CCOC(=O)CNC(=O)NCc1cccc(-c2ccc(C3OC(CN4CCCCC4)C(C)C(c4ccc(CO)cc4)O3)cc2)c1. The number of hydrogen-bond donors (Lipinski definition) is 3. The molecule has 4 unspecified atom stereocenters. The monoisotopic (exact) mass is 615 g/mol. The Morgan fingerprint density at radius 3 is 2.33 bits per heavy atom. The maximum atomic E-state index is 12.1. The lowest BCUT2D eigenvalue weighted by Crippen LogP contribution is -2.45. The van der Waals surface area contributed by atoms with E-state index in [4.69, 9.17) is 14.2 Å². The molecule has 0 aromatic heterocycles. The molecule has 3 aromatic rings. The molecule has 5 rings (SSSR count). The van der Waals surface area contributed by atoms with Gasteiger partial charge in [-0.15, -0.1) is 0 Å². The Bertz CT molecular complexity index is 1390. The molecular formula is C36H45N3O6. The first-order valence-corrected chi connectivity index (χ1v) is 16.0. The van der Waals surface area contributed by atoms with E-state index >= 15 is 0 Å². The van der Waals surface area contributed by atoms with Gasteiger partial charge in [-0.05, 0) is 66.7 Å². The maximum absolute atomic E-state index is 12.1. The van der Waals surface area contributed by atoms with E-state index in [9.17, 15) is 14.7 Å². The molecule has 9 heteroatoms. The van der Waals surface area contributed by atoms with Crippen LogP contribution in [0.5, 0.6) is 0 Å². The Balaban J connectivity index is 1.27. The van der Waals surface area contributed by atoms with Gasteiger partial charge in [0.2, 0.25) is 0 Å². The average molecular weight is 616 g/mol. The molecule has 2 saturated heterocycles. The van der Waals surface area contributed by atoms with Crippen LogP contribution >= 0.6 is 0 Å². The van der Waals surface area contributed by atoms with E-state index in [1.54, 1.807) is 6.92 Å². The molecule has 240 valence electrons. The van der Waals surface area contributed by atoms with Gasteiger partial charge in [0.25, 0.3) is 0 Å². The first kappa shape index (κ1) is 32.6. The summed E-state index contributed by atoms with van der Waals surface area (Å²) in [6.45, 7) is 7.47. The normalized spacial score (nSPS) is 22.0. The summed E-state index contributed by atoms with van der Waals surface area (Å²) in [5.74, 6) is -0.313. The molecule has 2 fully saturated rings. The minimum absolute atomic E-state index is 0.0164. The van der Waals surface area contributed by atoms with Crippen LogP contribution in [0.15, 0.2) is 72.8 Å². The van der Waals surface area contributed by atoms with E-state index in [-0.39, 0.29) is 37.9 Å². The molecule has 2 amide bonds. The lowest BCUT2D eigenvalue weighted by Gasteiger charge is -2.43. The van der Waals surface area contributed by atoms with Crippen molar-refractivity contribution in [3.63, 3.8) is 0 Å². The predicted molar refractivity (Wildman–Crippen MR) is 172 cm³/mol. The number of benzene rings is 3. The minimum Gasteiger partial charge on any atom is -0.465 e. The van der Waals surface area contributed by atoms with Crippen molar-refractivity contribution in [2.24, 2.45) is 5.92 Å². The third-order valence-electron chi connectivity index (χ3n) is 8.61. The fourth-order valence-electron chi connectivity index (χ4n) is 6.03. The Morgan fingerprint density at radius 1 is 0.889 bits per heavy atom. The number of esters is 1. The zero-order chi connectivity index (χ0) is 31.6. The molecule has 2 aliphatic rings. The molecule has 9 nitrogen and oxygen atoms in total. The number of rotatable bonds is 11.